The fourth-order valence-electron chi connectivity index (χ4n) is 2.43. The summed E-state index contributed by atoms with van der Waals surface area (Å²) in [6, 6.07) is 2.38. The maximum atomic E-state index is 12.7. The normalized spacial score (nSPS) is 20.2. The van der Waals surface area contributed by atoms with E-state index in [1.165, 1.54) is 0 Å². The van der Waals surface area contributed by atoms with Gasteiger partial charge in [-0.1, -0.05) is 15.9 Å². The molecule has 110 valence electrons. The minimum Gasteiger partial charge on any atom is -0.480 e. The predicted molar refractivity (Wildman–Crippen MR) is 78.2 cm³/mol. The molecule has 1 aromatic carbocycles. The highest BCUT2D eigenvalue weighted by Gasteiger charge is 2.40. The molecule has 1 aromatic rings. The molecular formula is C13H16BrNO4S. The van der Waals surface area contributed by atoms with Crippen LogP contribution in [0.4, 0.5) is 0 Å². The maximum Gasteiger partial charge on any atom is 0.322 e. The smallest absolute Gasteiger partial charge is 0.322 e. The molecular weight excluding hydrogens is 346 g/mol. The van der Waals surface area contributed by atoms with Crippen molar-refractivity contribution >= 4 is 31.9 Å². The lowest BCUT2D eigenvalue weighted by molar-refractivity contribution is -0.140. The van der Waals surface area contributed by atoms with Crippen molar-refractivity contribution in [3.8, 4) is 0 Å². The van der Waals surface area contributed by atoms with Gasteiger partial charge in [-0.25, -0.2) is 8.42 Å². The quantitative estimate of drug-likeness (QED) is 0.896. The predicted octanol–water partition coefficient (Wildman–Crippen LogP) is 2.30. The Morgan fingerprint density at radius 1 is 1.35 bits per heavy atom. The molecule has 1 fully saturated rings. The van der Waals surface area contributed by atoms with Gasteiger partial charge in [0, 0.05) is 11.0 Å². The molecule has 1 aliphatic rings. The van der Waals surface area contributed by atoms with Crippen LogP contribution >= 0.6 is 15.9 Å². The van der Waals surface area contributed by atoms with Crippen molar-refractivity contribution in [2.75, 3.05) is 6.54 Å². The Hall–Kier alpha value is -0.920. The number of halogens is 1. The summed E-state index contributed by atoms with van der Waals surface area (Å²) in [6.07, 6.45) is 0.938. The van der Waals surface area contributed by atoms with Crippen LogP contribution in [0.15, 0.2) is 21.5 Å². The minimum atomic E-state index is -3.77. The molecule has 20 heavy (non-hydrogen) atoms. The first-order valence-corrected chi connectivity index (χ1v) is 8.50. The van der Waals surface area contributed by atoms with Crippen molar-refractivity contribution in [1.29, 1.82) is 0 Å². The lowest BCUT2D eigenvalue weighted by Crippen LogP contribution is -2.40. The molecule has 0 bridgehead atoms. The molecule has 1 aliphatic heterocycles. The number of sulfonamides is 1. The average molecular weight is 362 g/mol. The standard InChI is InChI=1S/C13H16BrNO4S/c1-8-7-12(9(2)6-10(8)14)20(18,19)15-5-3-4-11(15)13(16)17/h6-7,11H,3-5H2,1-2H3,(H,16,17)/t11-/m0/s1. The first-order valence-electron chi connectivity index (χ1n) is 6.26. The second-order valence-corrected chi connectivity index (χ2v) is 7.69. The number of nitrogens with zero attached hydrogens (tertiary/aromatic N) is 1. The topological polar surface area (TPSA) is 74.7 Å². The summed E-state index contributed by atoms with van der Waals surface area (Å²) >= 11 is 3.36. The summed E-state index contributed by atoms with van der Waals surface area (Å²) in [5, 5.41) is 9.15. The van der Waals surface area contributed by atoms with Crippen LogP contribution in [0.25, 0.3) is 0 Å². The number of rotatable bonds is 3. The number of hydrogen-bond acceptors (Lipinski definition) is 3. The van der Waals surface area contributed by atoms with Gasteiger partial charge in [-0.2, -0.15) is 4.31 Å². The van der Waals surface area contributed by atoms with Gasteiger partial charge in [0.15, 0.2) is 0 Å². The number of carbonyl (C=O) groups is 1. The molecule has 0 radical (unpaired) electrons. The van der Waals surface area contributed by atoms with Gasteiger partial charge >= 0.3 is 5.97 Å². The van der Waals surface area contributed by atoms with Crippen LogP contribution in [0.1, 0.15) is 24.0 Å². The lowest BCUT2D eigenvalue weighted by atomic mass is 10.2. The second kappa shape index (κ2) is 5.46. The molecule has 0 aromatic heterocycles. The number of benzene rings is 1. The van der Waals surface area contributed by atoms with Crippen LogP contribution in [0.5, 0.6) is 0 Å². The summed E-state index contributed by atoms with van der Waals surface area (Å²) in [6.45, 7) is 3.78. The molecule has 0 amide bonds. The van der Waals surface area contributed by atoms with Crippen molar-refractivity contribution in [2.24, 2.45) is 0 Å². The van der Waals surface area contributed by atoms with Crippen LogP contribution in [0.2, 0.25) is 0 Å². The molecule has 2 rings (SSSR count). The molecule has 0 aliphatic carbocycles. The van der Waals surface area contributed by atoms with Crippen LogP contribution in [0.3, 0.4) is 0 Å². The van der Waals surface area contributed by atoms with Crippen LogP contribution < -0.4 is 0 Å². The SMILES string of the molecule is Cc1cc(S(=O)(=O)N2CCC[C@H]2C(=O)O)c(C)cc1Br. The third-order valence-electron chi connectivity index (χ3n) is 3.53. The Kier molecular flexibility index (Phi) is 4.22. The number of hydrogen-bond donors (Lipinski definition) is 1. The van der Waals surface area contributed by atoms with E-state index in [0.29, 0.717) is 18.4 Å². The highest BCUT2D eigenvalue weighted by atomic mass is 79.9. The molecule has 1 N–H and O–H groups in total. The van der Waals surface area contributed by atoms with Crippen molar-refractivity contribution < 1.29 is 18.3 Å². The van der Waals surface area contributed by atoms with Crippen LogP contribution in [-0.4, -0.2) is 36.4 Å². The Bertz CT molecular complexity index is 657. The Morgan fingerprint density at radius 2 is 2.00 bits per heavy atom. The fraction of sp³-hybridized carbons (Fsp3) is 0.462. The van der Waals surface area contributed by atoms with E-state index in [1.807, 2.05) is 0 Å². The summed E-state index contributed by atoms with van der Waals surface area (Å²) in [7, 11) is -3.77. The highest BCUT2D eigenvalue weighted by Crippen LogP contribution is 2.30. The van der Waals surface area contributed by atoms with E-state index < -0.39 is 22.0 Å². The first-order chi connectivity index (χ1) is 9.25. The Morgan fingerprint density at radius 3 is 2.60 bits per heavy atom. The monoisotopic (exact) mass is 361 g/mol. The Balaban J connectivity index is 2.50. The largest absolute Gasteiger partial charge is 0.480 e. The van der Waals surface area contributed by atoms with E-state index in [0.717, 1.165) is 14.3 Å². The summed E-state index contributed by atoms with van der Waals surface area (Å²) in [5.74, 6) is -1.09. The number of aliphatic carboxylic acids is 1. The molecule has 0 unspecified atom stereocenters. The van der Waals surface area contributed by atoms with Crippen molar-refractivity contribution in [3.63, 3.8) is 0 Å². The van der Waals surface area contributed by atoms with E-state index in [9.17, 15) is 13.2 Å². The second-order valence-electron chi connectivity index (χ2n) is 4.98. The van der Waals surface area contributed by atoms with E-state index in [-0.39, 0.29) is 11.4 Å². The van der Waals surface area contributed by atoms with E-state index >= 15 is 0 Å². The Labute approximate surface area is 126 Å². The highest BCUT2D eigenvalue weighted by molar-refractivity contribution is 9.10. The summed E-state index contributed by atoms with van der Waals surface area (Å²) < 4.78 is 27.3. The average Bonchev–Trinajstić information content (AvgIpc) is 2.83. The summed E-state index contributed by atoms with van der Waals surface area (Å²) in [4.78, 5) is 11.4. The number of aryl methyl sites for hydroxylation is 2. The lowest BCUT2D eigenvalue weighted by Gasteiger charge is -2.22. The fourth-order valence-corrected chi connectivity index (χ4v) is 4.84. The molecule has 1 heterocycles. The minimum absolute atomic E-state index is 0.186. The zero-order chi connectivity index (χ0) is 15.1. The number of carboxylic acid groups (broad SMARTS) is 1. The van der Waals surface area contributed by atoms with Crippen LogP contribution in [0, 0.1) is 13.8 Å². The van der Waals surface area contributed by atoms with E-state index in [2.05, 4.69) is 15.9 Å². The summed E-state index contributed by atoms with van der Waals surface area (Å²) in [5.41, 5.74) is 1.42. The van der Waals surface area contributed by atoms with Gasteiger partial charge in [0.05, 0.1) is 4.90 Å². The third kappa shape index (κ3) is 2.62. The van der Waals surface area contributed by atoms with Crippen LogP contribution in [-0.2, 0) is 14.8 Å². The van der Waals surface area contributed by atoms with Gasteiger partial charge in [-0.05, 0) is 49.9 Å². The van der Waals surface area contributed by atoms with Gasteiger partial charge in [0.2, 0.25) is 10.0 Å². The van der Waals surface area contributed by atoms with Gasteiger partial charge in [0.25, 0.3) is 0 Å². The van der Waals surface area contributed by atoms with Gasteiger partial charge < -0.3 is 5.11 Å². The van der Waals surface area contributed by atoms with Crippen molar-refractivity contribution in [1.82, 2.24) is 4.31 Å². The molecule has 1 atom stereocenters. The zero-order valence-corrected chi connectivity index (χ0v) is 13.7. The number of carboxylic acids is 1. The molecule has 7 heteroatoms. The van der Waals surface area contributed by atoms with Crippen molar-refractivity contribution in [2.45, 2.75) is 37.6 Å². The van der Waals surface area contributed by atoms with E-state index in [4.69, 9.17) is 5.11 Å². The third-order valence-corrected chi connectivity index (χ3v) is 6.44. The maximum absolute atomic E-state index is 12.7. The van der Waals surface area contributed by atoms with E-state index in [1.54, 1.807) is 26.0 Å². The van der Waals surface area contributed by atoms with Crippen molar-refractivity contribution in [3.05, 3.63) is 27.7 Å². The first kappa shape index (κ1) is 15.5. The molecule has 0 spiro atoms. The van der Waals surface area contributed by atoms with Gasteiger partial charge in [0.1, 0.15) is 6.04 Å². The van der Waals surface area contributed by atoms with Gasteiger partial charge in [-0.3, -0.25) is 4.79 Å². The molecule has 0 saturated carbocycles. The molecule has 1 saturated heterocycles. The zero-order valence-electron chi connectivity index (χ0n) is 11.3. The molecule has 5 nitrogen and oxygen atoms in total. The van der Waals surface area contributed by atoms with Gasteiger partial charge in [-0.15, -0.1) is 0 Å².